The van der Waals surface area contributed by atoms with Crippen molar-refractivity contribution in [2.45, 2.75) is 25.4 Å². The number of aromatic nitrogens is 1. The minimum atomic E-state index is -0.303. The lowest BCUT2D eigenvalue weighted by molar-refractivity contribution is -0.145. The van der Waals surface area contributed by atoms with Gasteiger partial charge in [-0.2, -0.15) is 0 Å². The molecule has 18 heavy (non-hydrogen) atoms. The number of nitrogens with zero attached hydrogens (tertiary/aromatic N) is 2. The second-order valence-corrected chi connectivity index (χ2v) is 4.94. The van der Waals surface area contributed by atoms with E-state index in [1.165, 1.54) is 0 Å². The first-order valence-corrected chi connectivity index (χ1v) is 6.21. The Kier molecular flexibility index (Phi) is 2.74. The smallest absolute Gasteiger partial charge is 0.246 e. The highest BCUT2D eigenvalue weighted by Crippen LogP contribution is 2.34. The summed E-state index contributed by atoms with van der Waals surface area (Å²) in [4.78, 5) is 29.5. The lowest BCUT2D eigenvalue weighted by Gasteiger charge is -2.32. The Labute approximate surface area is 105 Å². The van der Waals surface area contributed by atoms with Crippen molar-refractivity contribution >= 4 is 11.8 Å². The molecule has 2 aliphatic rings. The molecule has 0 spiro atoms. The van der Waals surface area contributed by atoms with Crippen molar-refractivity contribution in [3.05, 3.63) is 30.1 Å². The third kappa shape index (κ3) is 2.20. The molecule has 1 aromatic rings. The van der Waals surface area contributed by atoms with Crippen LogP contribution in [0.1, 0.15) is 18.4 Å². The zero-order valence-corrected chi connectivity index (χ0v) is 10.0. The van der Waals surface area contributed by atoms with Gasteiger partial charge in [-0.15, -0.1) is 0 Å². The van der Waals surface area contributed by atoms with Crippen molar-refractivity contribution in [3.8, 4) is 0 Å². The van der Waals surface area contributed by atoms with Gasteiger partial charge in [0.2, 0.25) is 11.8 Å². The summed E-state index contributed by atoms with van der Waals surface area (Å²) in [5.74, 6) is 0.328. The molecule has 1 aliphatic carbocycles. The van der Waals surface area contributed by atoms with Crippen LogP contribution in [-0.4, -0.2) is 34.3 Å². The predicted molar refractivity (Wildman–Crippen MR) is 64.3 cm³/mol. The average molecular weight is 245 g/mol. The van der Waals surface area contributed by atoms with E-state index >= 15 is 0 Å². The van der Waals surface area contributed by atoms with Crippen LogP contribution >= 0.6 is 0 Å². The number of piperazine rings is 1. The molecule has 5 heteroatoms. The number of nitrogens with one attached hydrogen (secondary N) is 1. The van der Waals surface area contributed by atoms with Gasteiger partial charge < -0.3 is 10.2 Å². The maximum absolute atomic E-state index is 12.2. The molecular formula is C13H15N3O2. The molecule has 94 valence electrons. The Morgan fingerprint density at radius 1 is 1.39 bits per heavy atom. The summed E-state index contributed by atoms with van der Waals surface area (Å²) in [5, 5.41) is 2.80. The van der Waals surface area contributed by atoms with Gasteiger partial charge in [0.15, 0.2) is 0 Å². The molecule has 2 fully saturated rings. The van der Waals surface area contributed by atoms with E-state index in [0.29, 0.717) is 12.5 Å². The van der Waals surface area contributed by atoms with Crippen LogP contribution in [0, 0.1) is 5.92 Å². The summed E-state index contributed by atoms with van der Waals surface area (Å²) in [6.45, 7) is 0.611. The van der Waals surface area contributed by atoms with Crippen molar-refractivity contribution < 1.29 is 9.59 Å². The molecule has 1 saturated heterocycles. The van der Waals surface area contributed by atoms with Crippen LogP contribution in [0.2, 0.25) is 0 Å². The molecule has 0 radical (unpaired) electrons. The summed E-state index contributed by atoms with van der Waals surface area (Å²) in [6.07, 6.45) is 5.50. The second kappa shape index (κ2) is 4.40. The maximum atomic E-state index is 12.2. The van der Waals surface area contributed by atoms with Crippen LogP contribution in [0.15, 0.2) is 24.5 Å². The Hall–Kier alpha value is -1.91. The predicted octanol–water partition coefficient (Wildman–Crippen LogP) is 0.319. The van der Waals surface area contributed by atoms with Crippen LogP contribution < -0.4 is 5.32 Å². The van der Waals surface area contributed by atoms with E-state index in [0.717, 1.165) is 18.4 Å². The molecule has 1 saturated carbocycles. The molecule has 2 heterocycles. The fourth-order valence-corrected chi connectivity index (χ4v) is 2.32. The SMILES string of the molecule is O=C1CN(Cc2cccnc2)C(=O)C(C2CC2)N1. The van der Waals surface area contributed by atoms with Gasteiger partial charge in [0.25, 0.3) is 0 Å². The maximum Gasteiger partial charge on any atom is 0.246 e. The zero-order valence-electron chi connectivity index (χ0n) is 10.0. The first kappa shape index (κ1) is 11.2. The number of hydrogen-bond acceptors (Lipinski definition) is 3. The molecule has 5 nitrogen and oxygen atoms in total. The number of carbonyl (C=O) groups is 2. The van der Waals surface area contributed by atoms with Crippen LogP contribution in [-0.2, 0) is 16.1 Å². The van der Waals surface area contributed by atoms with E-state index in [-0.39, 0.29) is 24.4 Å². The highest BCUT2D eigenvalue weighted by Gasteiger charge is 2.42. The molecule has 1 atom stereocenters. The molecular weight excluding hydrogens is 230 g/mol. The number of hydrogen-bond donors (Lipinski definition) is 1. The third-order valence-electron chi connectivity index (χ3n) is 3.42. The molecule has 2 amide bonds. The lowest BCUT2D eigenvalue weighted by atomic mass is 10.1. The normalized spacial score (nSPS) is 24.0. The quantitative estimate of drug-likeness (QED) is 0.834. The van der Waals surface area contributed by atoms with Crippen LogP contribution in [0.4, 0.5) is 0 Å². The summed E-state index contributed by atoms with van der Waals surface area (Å²) >= 11 is 0. The van der Waals surface area contributed by atoms with Crippen LogP contribution in [0.5, 0.6) is 0 Å². The van der Waals surface area contributed by atoms with Gasteiger partial charge in [-0.3, -0.25) is 14.6 Å². The van der Waals surface area contributed by atoms with Crippen molar-refractivity contribution in [2.24, 2.45) is 5.92 Å². The summed E-state index contributed by atoms with van der Waals surface area (Å²) in [6, 6.07) is 3.45. The lowest BCUT2D eigenvalue weighted by Crippen LogP contribution is -2.58. The molecule has 1 N–H and O–H groups in total. The van der Waals surface area contributed by atoms with Gasteiger partial charge in [0.1, 0.15) is 6.04 Å². The van der Waals surface area contributed by atoms with Gasteiger partial charge in [-0.05, 0) is 30.4 Å². The van der Waals surface area contributed by atoms with Gasteiger partial charge in [0, 0.05) is 18.9 Å². The fourth-order valence-electron chi connectivity index (χ4n) is 2.32. The number of carbonyl (C=O) groups excluding carboxylic acids is 2. The molecule has 1 aliphatic heterocycles. The number of rotatable bonds is 3. The average Bonchev–Trinajstić information content (AvgIpc) is 3.19. The van der Waals surface area contributed by atoms with Gasteiger partial charge >= 0.3 is 0 Å². The van der Waals surface area contributed by atoms with Crippen molar-refractivity contribution in [1.82, 2.24) is 15.2 Å². The summed E-state index contributed by atoms with van der Waals surface area (Å²) < 4.78 is 0. The van der Waals surface area contributed by atoms with Gasteiger partial charge in [0.05, 0.1) is 6.54 Å². The first-order valence-electron chi connectivity index (χ1n) is 6.21. The zero-order chi connectivity index (χ0) is 12.5. The number of amides is 2. The standard InChI is InChI=1S/C13H15N3O2/c17-11-8-16(7-9-2-1-5-14-6-9)13(18)12(15-11)10-3-4-10/h1-2,5-6,10,12H,3-4,7-8H2,(H,15,17). The minimum absolute atomic E-state index is 0.0425. The van der Waals surface area contributed by atoms with Gasteiger partial charge in [-0.25, -0.2) is 0 Å². The van der Waals surface area contributed by atoms with Crippen LogP contribution in [0.25, 0.3) is 0 Å². The fraction of sp³-hybridized carbons (Fsp3) is 0.462. The largest absolute Gasteiger partial charge is 0.342 e. The monoisotopic (exact) mass is 245 g/mol. The van der Waals surface area contributed by atoms with Crippen molar-refractivity contribution in [1.29, 1.82) is 0 Å². The van der Waals surface area contributed by atoms with Crippen LogP contribution in [0.3, 0.4) is 0 Å². The van der Waals surface area contributed by atoms with E-state index in [1.54, 1.807) is 17.3 Å². The van der Waals surface area contributed by atoms with Gasteiger partial charge in [-0.1, -0.05) is 6.07 Å². The second-order valence-electron chi connectivity index (χ2n) is 4.94. The van der Waals surface area contributed by atoms with E-state index in [4.69, 9.17) is 0 Å². The van der Waals surface area contributed by atoms with E-state index in [2.05, 4.69) is 10.3 Å². The summed E-state index contributed by atoms with van der Waals surface area (Å²) in [5.41, 5.74) is 0.954. The van der Waals surface area contributed by atoms with E-state index in [9.17, 15) is 9.59 Å². The Morgan fingerprint density at radius 3 is 2.89 bits per heavy atom. The molecule has 0 aromatic carbocycles. The molecule has 0 bridgehead atoms. The highest BCUT2D eigenvalue weighted by molar-refractivity contribution is 5.95. The Balaban J connectivity index is 1.74. The molecule has 1 aromatic heterocycles. The number of pyridine rings is 1. The highest BCUT2D eigenvalue weighted by atomic mass is 16.2. The van der Waals surface area contributed by atoms with Crippen molar-refractivity contribution in [3.63, 3.8) is 0 Å². The summed E-state index contributed by atoms with van der Waals surface area (Å²) in [7, 11) is 0. The Morgan fingerprint density at radius 2 is 2.22 bits per heavy atom. The third-order valence-corrected chi connectivity index (χ3v) is 3.42. The van der Waals surface area contributed by atoms with E-state index < -0.39 is 0 Å². The first-order chi connectivity index (χ1) is 8.74. The minimum Gasteiger partial charge on any atom is -0.342 e. The topological polar surface area (TPSA) is 62.3 Å². The Bertz CT molecular complexity index is 470. The molecule has 3 rings (SSSR count). The van der Waals surface area contributed by atoms with E-state index in [1.807, 2.05) is 12.1 Å². The van der Waals surface area contributed by atoms with Crippen molar-refractivity contribution in [2.75, 3.05) is 6.54 Å². The molecule has 1 unspecified atom stereocenters.